The van der Waals surface area contributed by atoms with Gasteiger partial charge in [-0.25, -0.2) is 0 Å². The normalized spacial score (nSPS) is 12.9. The first-order chi connectivity index (χ1) is 7.60. The quantitative estimate of drug-likeness (QED) is 0.742. The Hall–Kier alpha value is -0.770. The van der Waals surface area contributed by atoms with Gasteiger partial charge in [0.15, 0.2) is 0 Å². The molecule has 0 heterocycles. The summed E-state index contributed by atoms with van der Waals surface area (Å²) in [7, 11) is 0. The van der Waals surface area contributed by atoms with Crippen molar-refractivity contribution in [2.24, 2.45) is 11.7 Å². The summed E-state index contributed by atoms with van der Waals surface area (Å²) < 4.78 is 0. The summed E-state index contributed by atoms with van der Waals surface area (Å²) in [6.07, 6.45) is 0. The number of aliphatic hydroxyl groups excluding tert-OH is 1. The highest BCUT2D eigenvalue weighted by molar-refractivity contribution is 6.31. The predicted octanol–water partition coefficient (Wildman–Crippen LogP) is 2.23. The van der Waals surface area contributed by atoms with E-state index in [1.165, 1.54) is 0 Å². The minimum atomic E-state index is 0.0174. The molecular formula is C12H19ClN2O. The number of hydrogen-bond donors (Lipinski definition) is 3. The first kappa shape index (κ1) is 13.3. The molecule has 16 heavy (non-hydrogen) atoms. The van der Waals surface area contributed by atoms with Gasteiger partial charge in [0, 0.05) is 22.8 Å². The van der Waals surface area contributed by atoms with Crippen LogP contribution in [-0.4, -0.2) is 17.8 Å². The lowest BCUT2D eigenvalue weighted by molar-refractivity contribution is 0.249. The van der Waals surface area contributed by atoms with Gasteiger partial charge in [0.05, 0.1) is 12.6 Å². The summed E-state index contributed by atoms with van der Waals surface area (Å²) >= 11 is 6.05. The Balaban J connectivity index is 2.91. The number of anilines is 1. The Bertz CT molecular complexity index is 342. The zero-order valence-corrected chi connectivity index (χ0v) is 10.5. The van der Waals surface area contributed by atoms with E-state index in [1.54, 1.807) is 0 Å². The molecule has 1 aromatic carbocycles. The molecule has 3 nitrogen and oxygen atoms in total. The van der Waals surface area contributed by atoms with E-state index in [-0.39, 0.29) is 12.6 Å². The second-order valence-electron chi connectivity index (χ2n) is 4.15. The molecule has 0 fully saturated rings. The molecule has 0 aliphatic heterocycles. The summed E-state index contributed by atoms with van der Waals surface area (Å²) in [6.45, 7) is 4.59. The lowest BCUT2D eigenvalue weighted by Gasteiger charge is -2.23. The molecule has 1 rings (SSSR count). The van der Waals surface area contributed by atoms with Crippen LogP contribution in [0, 0.1) is 5.92 Å². The minimum Gasteiger partial charge on any atom is -0.394 e. The first-order valence-corrected chi connectivity index (χ1v) is 5.82. The summed E-state index contributed by atoms with van der Waals surface area (Å²) in [5, 5.41) is 13.2. The molecule has 0 saturated heterocycles. The predicted molar refractivity (Wildman–Crippen MR) is 68.7 cm³/mol. The average molecular weight is 243 g/mol. The largest absolute Gasteiger partial charge is 0.394 e. The van der Waals surface area contributed by atoms with E-state index in [4.69, 9.17) is 17.3 Å². The van der Waals surface area contributed by atoms with E-state index in [0.29, 0.717) is 17.5 Å². The molecular weight excluding hydrogens is 224 g/mol. The molecule has 0 aliphatic carbocycles. The van der Waals surface area contributed by atoms with Crippen LogP contribution in [0.5, 0.6) is 0 Å². The number of aliphatic hydroxyl groups is 1. The van der Waals surface area contributed by atoms with E-state index in [9.17, 15) is 5.11 Å². The molecule has 0 aliphatic rings. The van der Waals surface area contributed by atoms with Crippen LogP contribution in [0.3, 0.4) is 0 Å². The van der Waals surface area contributed by atoms with Crippen molar-refractivity contribution in [2.75, 3.05) is 11.9 Å². The Morgan fingerprint density at radius 1 is 1.44 bits per heavy atom. The smallest absolute Gasteiger partial charge is 0.0635 e. The highest BCUT2D eigenvalue weighted by atomic mass is 35.5. The highest BCUT2D eigenvalue weighted by Crippen LogP contribution is 2.25. The summed E-state index contributed by atoms with van der Waals surface area (Å²) in [5.74, 6) is 0.342. The number of halogens is 1. The van der Waals surface area contributed by atoms with Gasteiger partial charge < -0.3 is 16.2 Å². The molecule has 0 radical (unpaired) electrons. The maximum atomic E-state index is 9.26. The first-order valence-electron chi connectivity index (χ1n) is 5.45. The Morgan fingerprint density at radius 3 is 2.62 bits per heavy atom. The Labute approximate surface area is 102 Å². The summed E-state index contributed by atoms with van der Waals surface area (Å²) in [5.41, 5.74) is 7.46. The molecule has 0 saturated carbocycles. The van der Waals surface area contributed by atoms with Crippen molar-refractivity contribution in [3.63, 3.8) is 0 Å². The molecule has 4 heteroatoms. The highest BCUT2D eigenvalue weighted by Gasteiger charge is 2.14. The van der Waals surface area contributed by atoms with Gasteiger partial charge in [-0.2, -0.15) is 0 Å². The van der Waals surface area contributed by atoms with E-state index in [1.807, 2.05) is 18.2 Å². The van der Waals surface area contributed by atoms with E-state index < -0.39 is 0 Å². The Kier molecular flexibility index (Phi) is 5.06. The second kappa shape index (κ2) is 6.09. The monoisotopic (exact) mass is 242 g/mol. The van der Waals surface area contributed by atoms with Gasteiger partial charge in [-0.15, -0.1) is 0 Å². The van der Waals surface area contributed by atoms with Gasteiger partial charge in [-0.1, -0.05) is 31.5 Å². The number of hydrogen-bond acceptors (Lipinski definition) is 3. The van der Waals surface area contributed by atoms with Crippen molar-refractivity contribution >= 4 is 17.3 Å². The van der Waals surface area contributed by atoms with E-state index in [0.717, 1.165) is 11.3 Å². The van der Waals surface area contributed by atoms with Gasteiger partial charge in [-0.3, -0.25) is 0 Å². The van der Waals surface area contributed by atoms with Crippen molar-refractivity contribution in [1.29, 1.82) is 0 Å². The third-order valence-corrected chi connectivity index (χ3v) is 3.02. The number of rotatable bonds is 5. The maximum Gasteiger partial charge on any atom is 0.0635 e. The minimum absolute atomic E-state index is 0.0174. The molecule has 0 amide bonds. The fraction of sp³-hybridized carbons (Fsp3) is 0.500. The lowest BCUT2D eigenvalue weighted by atomic mass is 10.0. The van der Waals surface area contributed by atoms with Crippen molar-refractivity contribution in [3.8, 4) is 0 Å². The van der Waals surface area contributed by atoms with Gasteiger partial charge >= 0.3 is 0 Å². The SMILES string of the molecule is CC(C)[C@@H](CO)Nc1cccc(Cl)c1CN. The number of nitrogens with one attached hydrogen (secondary N) is 1. The summed E-state index contributed by atoms with van der Waals surface area (Å²) in [4.78, 5) is 0. The average Bonchev–Trinajstić information content (AvgIpc) is 2.25. The van der Waals surface area contributed by atoms with Crippen molar-refractivity contribution in [3.05, 3.63) is 28.8 Å². The van der Waals surface area contributed by atoms with Crippen LogP contribution in [0.1, 0.15) is 19.4 Å². The fourth-order valence-electron chi connectivity index (χ4n) is 1.52. The maximum absolute atomic E-state index is 9.26. The third-order valence-electron chi connectivity index (χ3n) is 2.67. The van der Waals surface area contributed by atoms with Gasteiger partial charge in [0.1, 0.15) is 0 Å². The molecule has 0 aromatic heterocycles. The van der Waals surface area contributed by atoms with Crippen molar-refractivity contribution < 1.29 is 5.11 Å². The number of benzene rings is 1. The van der Waals surface area contributed by atoms with Gasteiger partial charge in [-0.05, 0) is 18.1 Å². The molecule has 4 N–H and O–H groups in total. The van der Waals surface area contributed by atoms with Crippen LogP contribution >= 0.6 is 11.6 Å². The Morgan fingerprint density at radius 2 is 2.12 bits per heavy atom. The summed E-state index contributed by atoms with van der Waals surface area (Å²) in [6, 6.07) is 5.64. The van der Waals surface area contributed by atoms with Gasteiger partial charge in [0.25, 0.3) is 0 Å². The van der Waals surface area contributed by atoms with Gasteiger partial charge in [0.2, 0.25) is 0 Å². The van der Waals surface area contributed by atoms with Crippen molar-refractivity contribution in [1.82, 2.24) is 0 Å². The lowest BCUT2D eigenvalue weighted by Crippen LogP contribution is -2.30. The van der Waals surface area contributed by atoms with E-state index >= 15 is 0 Å². The van der Waals surface area contributed by atoms with Crippen LogP contribution in [0.4, 0.5) is 5.69 Å². The van der Waals surface area contributed by atoms with Crippen LogP contribution in [-0.2, 0) is 6.54 Å². The van der Waals surface area contributed by atoms with Crippen molar-refractivity contribution in [2.45, 2.75) is 26.4 Å². The number of nitrogens with two attached hydrogens (primary N) is 1. The zero-order chi connectivity index (χ0) is 12.1. The zero-order valence-electron chi connectivity index (χ0n) is 9.70. The third kappa shape index (κ3) is 3.11. The molecule has 0 spiro atoms. The van der Waals surface area contributed by atoms with Crippen LogP contribution < -0.4 is 11.1 Å². The molecule has 0 bridgehead atoms. The molecule has 90 valence electrons. The molecule has 0 unspecified atom stereocenters. The topological polar surface area (TPSA) is 58.3 Å². The van der Waals surface area contributed by atoms with E-state index in [2.05, 4.69) is 19.2 Å². The molecule has 1 atom stereocenters. The van der Waals surface area contributed by atoms with Crippen LogP contribution in [0.25, 0.3) is 0 Å². The van der Waals surface area contributed by atoms with Crippen LogP contribution in [0.15, 0.2) is 18.2 Å². The molecule has 1 aromatic rings. The second-order valence-corrected chi connectivity index (χ2v) is 4.55. The van der Waals surface area contributed by atoms with Crippen LogP contribution in [0.2, 0.25) is 5.02 Å². The fourth-order valence-corrected chi connectivity index (χ4v) is 1.78. The standard InChI is InChI=1S/C12H19ClN2O/c1-8(2)12(7-16)15-11-5-3-4-10(13)9(11)6-14/h3-5,8,12,15-16H,6-7,14H2,1-2H3/t12-/m1/s1.